The Morgan fingerprint density at radius 1 is 1.38 bits per heavy atom. The minimum atomic E-state index is -0.590. The Labute approximate surface area is 137 Å². The van der Waals surface area contributed by atoms with Crippen LogP contribution in [0.3, 0.4) is 0 Å². The van der Waals surface area contributed by atoms with E-state index in [1.54, 1.807) is 6.21 Å². The van der Waals surface area contributed by atoms with Gasteiger partial charge in [-0.3, -0.25) is 4.79 Å². The second kappa shape index (κ2) is 7.11. The first-order valence-electron chi connectivity index (χ1n) is 6.29. The molecule has 112 valence electrons. The number of hydrazone groups is 1. The molecule has 2 rings (SSSR count). The second-order valence-corrected chi connectivity index (χ2v) is 5.67. The summed E-state index contributed by atoms with van der Waals surface area (Å²) in [6, 6.07) is 0. The van der Waals surface area contributed by atoms with Crippen molar-refractivity contribution < 1.29 is 4.79 Å². The van der Waals surface area contributed by atoms with E-state index in [0.29, 0.717) is 5.92 Å². The van der Waals surface area contributed by atoms with Gasteiger partial charge in [0, 0.05) is 6.21 Å². The minimum absolute atomic E-state index is 0.0184. The lowest BCUT2D eigenvalue weighted by molar-refractivity contribution is 0.0950. The third-order valence-corrected chi connectivity index (χ3v) is 4.18. The van der Waals surface area contributed by atoms with Crippen molar-refractivity contribution in [2.45, 2.75) is 19.3 Å². The normalized spacial score (nSPS) is 18.1. The van der Waals surface area contributed by atoms with E-state index in [1.807, 2.05) is 0 Å². The van der Waals surface area contributed by atoms with Gasteiger partial charge in [0.2, 0.25) is 0 Å². The molecule has 1 aromatic heterocycles. The molecule has 0 saturated heterocycles. The minimum Gasteiger partial charge on any atom is -0.396 e. The maximum atomic E-state index is 12.0. The molecule has 0 saturated carbocycles. The number of carbonyl (C=O) groups excluding carboxylic acids is 1. The Hall–Kier alpha value is -1.30. The lowest BCUT2D eigenvalue weighted by atomic mass is 9.96. The van der Waals surface area contributed by atoms with E-state index in [0.717, 1.165) is 19.3 Å². The van der Waals surface area contributed by atoms with Crippen LogP contribution in [-0.4, -0.2) is 17.1 Å². The predicted molar refractivity (Wildman–Crippen MR) is 86.1 cm³/mol. The number of amides is 1. The summed E-state index contributed by atoms with van der Waals surface area (Å²) in [7, 11) is 0. The third-order valence-electron chi connectivity index (χ3n) is 3.05. The summed E-state index contributed by atoms with van der Waals surface area (Å²) in [5.41, 5.74) is 7.93. The number of nitrogens with one attached hydrogen (secondary N) is 1. The fraction of sp³-hybridized carbons (Fsp3) is 0.308. The molecular formula is C13H13Cl3N4O. The first-order chi connectivity index (χ1) is 10.0. The van der Waals surface area contributed by atoms with E-state index in [2.05, 4.69) is 27.7 Å². The van der Waals surface area contributed by atoms with E-state index >= 15 is 0 Å². The number of halogens is 3. The Bertz CT molecular complexity index is 616. The van der Waals surface area contributed by atoms with Gasteiger partial charge < -0.3 is 5.73 Å². The molecular weight excluding hydrogens is 335 g/mol. The molecule has 0 aliphatic heterocycles. The van der Waals surface area contributed by atoms with Gasteiger partial charge in [0.1, 0.15) is 5.02 Å². The average Bonchev–Trinajstić information content (AvgIpc) is 2.49. The maximum absolute atomic E-state index is 12.0. The molecule has 1 aliphatic rings. The second-order valence-electron chi connectivity index (χ2n) is 4.56. The Morgan fingerprint density at radius 2 is 2.14 bits per heavy atom. The van der Waals surface area contributed by atoms with Gasteiger partial charge in [0.25, 0.3) is 5.91 Å². The molecule has 21 heavy (non-hydrogen) atoms. The van der Waals surface area contributed by atoms with Crippen molar-refractivity contribution >= 4 is 52.6 Å². The topological polar surface area (TPSA) is 80.4 Å². The van der Waals surface area contributed by atoms with Gasteiger partial charge in [-0.2, -0.15) is 5.10 Å². The van der Waals surface area contributed by atoms with Gasteiger partial charge >= 0.3 is 0 Å². The van der Waals surface area contributed by atoms with Crippen molar-refractivity contribution in [3.05, 3.63) is 33.0 Å². The highest BCUT2D eigenvalue weighted by atomic mass is 35.5. The molecule has 1 aliphatic carbocycles. The van der Waals surface area contributed by atoms with Crippen molar-refractivity contribution in [1.29, 1.82) is 0 Å². The molecule has 0 aromatic carbocycles. The van der Waals surface area contributed by atoms with Crippen LogP contribution in [-0.2, 0) is 0 Å². The molecule has 1 aromatic rings. The van der Waals surface area contributed by atoms with E-state index in [4.69, 9.17) is 40.5 Å². The quantitative estimate of drug-likeness (QED) is 0.379. The highest BCUT2D eigenvalue weighted by molar-refractivity contribution is 6.46. The van der Waals surface area contributed by atoms with Crippen molar-refractivity contribution in [2.24, 2.45) is 11.0 Å². The predicted octanol–water partition coefficient (Wildman–Crippen LogP) is 3.70. The van der Waals surface area contributed by atoms with E-state index in [9.17, 15) is 4.79 Å². The standard InChI is InChI=1S/C13H13Cl3N4O/c14-8-10(17)9(15)12(16)19-11(8)13(21)20-18-6-7-4-2-1-3-5-7/h1-2,6-7H,3-5H2,(H2,17,19)(H,20,21)/b18-6-/t7-/m0/s1. The molecule has 0 unspecified atom stereocenters. The summed E-state index contributed by atoms with van der Waals surface area (Å²) in [5, 5.41) is 3.82. The van der Waals surface area contributed by atoms with Crippen LogP contribution in [0, 0.1) is 5.92 Å². The lowest BCUT2D eigenvalue weighted by Gasteiger charge is -2.12. The number of anilines is 1. The van der Waals surface area contributed by atoms with Gasteiger partial charge in [-0.25, -0.2) is 10.4 Å². The third kappa shape index (κ3) is 3.87. The summed E-state index contributed by atoms with van der Waals surface area (Å²) < 4.78 is 0. The largest absolute Gasteiger partial charge is 0.396 e. The van der Waals surface area contributed by atoms with E-state index < -0.39 is 5.91 Å². The zero-order valence-corrected chi connectivity index (χ0v) is 13.2. The molecule has 1 atom stereocenters. The van der Waals surface area contributed by atoms with E-state index in [1.165, 1.54) is 0 Å². The number of carbonyl (C=O) groups is 1. The van der Waals surface area contributed by atoms with E-state index in [-0.39, 0.29) is 26.6 Å². The van der Waals surface area contributed by atoms with Gasteiger partial charge in [0.15, 0.2) is 10.8 Å². The van der Waals surface area contributed by atoms with Crippen molar-refractivity contribution in [3.63, 3.8) is 0 Å². The van der Waals surface area contributed by atoms with Crippen LogP contribution in [0.1, 0.15) is 29.8 Å². The van der Waals surface area contributed by atoms with Crippen LogP contribution in [0.15, 0.2) is 17.3 Å². The summed E-state index contributed by atoms with van der Waals surface area (Å²) in [5.74, 6) is -0.273. The molecule has 8 heteroatoms. The number of allylic oxidation sites excluding steroid dienone is 2. The summed E-state index contributed by atoms with van der Waals surface area (Å²) in [6.07, 6.45) is 8.87. The van der Waals surface area contributed by atoms with Crippen molar-refractivity contribution in [1.82, 2.24) is 10.4 Å². The molecule has 3 N–H and O–H groups in total. The Morgan fingerprint density at radius 3 is 2.81 bits per heavy atom. The first-order valence-corrected chi connectivity index (χ1v) is 7.42. The van der Waals surface area contributed by atoms with Gasteiger partial charge in [-0.1, -0.05) is 47.0 Å². The number of nitrogens with two attached hydrogens (primary N) is 1. The SMILES string of the molecule is Nc1c(Cl)c(Cl)nc(C(=O)N/N=C\[C@H]2CC=CCC2)c1Cl. The first kappa shape index (κ1) is 16.1. The Balaban J connectivity index is 2.07. The zero-order chi connectivity index (χ0) is 15.4. The molecule has 0 fully saturated rings. The zero-order valence-electron chi connectivity index (χ0n) is 10.9. The van der Waals surface area contributed by atoms with Crippen LogP contribution in [0.5, 0.6) is 0 Å². The van der Waals surface area contributed by atoms with Crippen LogP contribution in [0.25, 0.3) is 0 Å². The molecule has 5 nitrogen and oxygen atoms in total. The van der Waals surface area contributed by atoms with Crippen molar-refractivity contribution in [3.8, 4) is 0 Å². The number of pyridine rings is 1. The average molecular weight is 348 g/mol. The number of nitrogen functional groups attached to an aromatic ring is 1. The molecule has 0 bridgehead atoms. The smallest absolute Gasteiger partial charge is 0.291 e. The summed E-state index contributed by atoms with van der Waals surface area (Å²) in [6.45, 7) is 0. The van der Waals surface area contributed by atoms with Gasteiger partial charge in [-0.15, -0.1) is 0 Å². The number of hydrogen-bond acceptors (Lipinski definition) is 4. The summed E-state index contributed by atoms with van der Waals surface area (Å²) >= 11 is 17.5. The number of rotatable bonds is 3. The van der Waals surface area contributed by atoms with Crippen molar-refractivity contribution in [2.75, 3.05) is 5.73 Å². The highest BCUT2D eigenvalue weighted by Gasteiger charge is 2.19. The molecule has 0 radical (unpaired) electrons. The fourth-order valence-corrected chi connectivity index (χ4v) is 2.48. The molecule has 0 spiro atoms. The fourth-order valence-electron chi connectivity index (χ4n) is 1.89. The van der Waals surface area contributed by atoms with Crippen LogP contribution < -0.4 is 11.2 Å². The number of aromatic nitrogens is 1. The van der Waals surface area contributed by atoms with Crippen LogP contribution in [0.4, 0.5) is 5.69 Å². The highest BCUT2D eigenvalue weighted by Crippen LogP contribution is 2.34. The Kier molecular flexibility index (Phi) is 5.45. The summed E-state index contributed by atoms with van der Waals surface area (Å²) in [4.78, 5) is 15.8. The maximum Gasteiger partial charge on any atom is 0.291 e. The number of nitrogens with zero attached hydrogens (tertiary/aromatic N) is 2. The van der Waals surface area contributed by atoms with Crippen LogP contribution >= 0.6 is 34.8 Å². The van der Waals surface area contributed by atoms with Gasteiger partial charge in [-0.05, 0) is 25.2 Å². The monoisotopic (exact) mass is 346 g/mol. The number of hydrogen-bond donors (Lipinski definition) is 2. The molecule has 1 heterocycles. The molecule has 1 amide bonds. The van der Waals surface area contributed by atoms with Crippen LogP contribution in [0.2, 0.25) is 15.2 Å². The lowest BCUT2D eigenvalue weighted by Crippen LogP contribution is -2.21. The van der Waals surface area contributed by atoms with Gasteiger partial charge in [0.05, 0.1) is 10.7 Å².